The number of rotatable bonds is 5. The fourth-order valence-corrected chi connectivity index (χ4v) is 5.47. The summed E-state index contributed by atoms with van der Waals surface area (Å²) in [5.41, 5.74) is 2.88. The standard InChI is InChI=1S/C26H19N3O2S2/c1-3-14-29-24-21(31-4-2)11-7-12-23(24)33-26(29)28-25(30)18-16-20(22-13-8-15-32-22)27-19-10-6-5-9-17(18)19/h1,5-13,15-16H,4,14H2,2H3. The van der Waals surface area contributed by atoms with Crippen molar-refractivity contribution in [2.24, 2.45) is 4.99 Å². The van der Waals surface area contributed by atoms with Gasteiger partial charge in [0.15, 0.2) is 4.80 Å². The summed E-state index contributed by atoms with van der Waals surface area (Å²) in [6.07, 6.45) is 5.65. The van der Waals surface area contributed by atoms with Gasteiger partial charge in [-0.3, -0.25) is 4.79 Å². The summed E-state index contributed by atoms with van der Waals surface area (Å²) in [7, 11) is 0. The lowest BCUT2D eigenvalue weighted by molar-refractivity contribution is 0.0999. The summed E-state index contributed by atoms with van der Waals surface area (Å²) in [5.74, 6) is 3.07. The van der Waals surface area contributed by atoms with E-state index in [4.69, 9.17) is 16.1 Å². The highest BCUT2D eigenvalue weighted by molar-refractivity contribution is 7.16. The molecule has 5 rings (SSSR count). The Bertz CT molecular complexity index is 1590. The number of nitrogens with zero attached hydrogens (tertiary/aromatic N) is 3. The molecule has 1 amide bonds. The zero-order chi connectivity index (χ0) is 22.8. The van der Waals surface area contributed by atoms with Gasteiger partial charge in [0.05, 0.1) is 39.5 Å². The van der Waals surface area contributed by atoms with E-state index in [-0.39, 0.29) is 12.5 Å². The van der Waals surface area contributed by atoms with Crippen molar-refractivity contribution in [1.29, 1.82) is 0 Å². The molecule has 3 aromatic heterocycles. The van der Waals surface area contributed by atoms with Crippen LogP contribution in [-0.2, 0) is 6.54 Å². The number of thiazole rings is 1. The molecule has 0 unspecified atom stereocenters. The van der Waals surface area contributed by atoms with E-state index < -0.39 is 0 Å². The van der Waals surface area contributed by atoms with Gasteiger partial charge in [-0.15, -0.1) is 17.8 Å². The molecule has 0 aliphatic heterocycles. The molecule has 2 aromatic carbocycles. The van der Waals surface area contributed by atoms with Crippen LogP contribution in [0.1, 0.15) is 17.3 Å². The summed E-state index contributed by atoms with van der Waals surface area (Å²) in [5, 5.41) is 2.76. The number of para-hydroxylation sites is 2. The lowest BCUT2D eigenvalue weighted by Gasteiger charge is -2.08. The number of carbonyl (C=O) groups is 1. The Kier molecular flexibility index (Phi) is 5.78. The van der Waals surface area contributed by atoms with E-state index in [9.17, 15) is 4.79 Å². The molecule has 33 heavy (non-hydrogen) atoms. The molecule has 0 saturated carbocycles. The third-order valence-electron chi connectivity index (χ3n) is 5.13. The molecule has 0 atom stereocenters. The monoisotopic (exact) mass is 469 g/mol. The second-order valence-electron chi connectivity index (χ2n) is 7.18. The molecule has 3 heterocycles. The maximum atomic E-state index is 13.5. The number of hydrogen-bond acceptors (Lipinski definition) is 5. The van der Waals surface area contributed by atoms with E-state index in [1.165, 1.54) is 11.3 Å². The first kappa shape index (κ1) is 21.1. The molecule has 7 heteroatoms. The van der Waals surface area contributed by atoms with Crippen LogP contribution in [0.15, 0.2) is 71.0 Å². The number of aromatic nitrogens is 2. The van der Waals surface area contributed by atoms with Gasteiger partial charge in [0, 0.05) is 5.39 Å². The van der Waals surface area contributed by atoms with Crippen LogP contribution in [0, 0.1) is 12.3 Å². The van der Waals surface area contributed by atoms with Crippen molar-refractivity contribution >= 4 is 49.7 Å². The molecule has 0 spiro atoms. The van der Waals surface area contributed by atoms with Crippen LogP contribution in [0.25, 0.3) is 31.7 Å². The van der Waals surface area contributed by atoms with Gasteiger partial charge >= 0.3 is 0 Å². The smallest absolute Gasteiger partial charge is 0.280 e. The Balaban J connectivity index is 1.71. The van der Waals surface area contributed by atoms with Crippen molar-refractivity contribution in [3.63, 3.8) is 0 Å². The Morgan fingerprint density at radius 2 is 2.06 bits per heavy atom. The number of benzene rings is 2. The molecule has 162 valence electrons. The van der Waals surface area contributed by atoms with Gasteiger partial charge in [0.2, 0.25) is 0 Å². The molecule has 0 aliphatic rings. The Hall–Kier alpha value is -3.73. The van der Waals surface area contributed by atoms with Crippen molar-refractivity contribution < 1.29 is 9.53 Å². The highest BCUT2D eigenvalue weighted by Crippen LogP contribution is 2.29. The van der Waals surface area contributed by atoms with E-state index in [2.05, 4.69) is 10.9 Å². The van der Waals surface area contributed by atoms with Crippen LogP contribution in [0.4, 0.5) is 0 Å². The van der Waals surface area contributed by atoms with Crippen LogP contribution in [0.3, 0.4) is 0 Å². The number of pyridine rings is 1. The highest BCUT2D eigenvalue weighted by atomic mass is 32.1. The van der Waals surface area contributed by atoms with Crippen LogP contribution in [0.2, 0.25) is 0 Å². The zero-order valence-corrected chi connectivity index (χ0v) is 19.5. The summed E-state index contributed by atoms with van der Waals surface area (Å²) in [6.45, 7) is 2.75. The van der Waals surface area contributed by atoms with Crippen molar-refractivity contribution in [2.75, 3.05) is 6.61 Å². The largest absolute Gasteiger partial charge is 0.492 e. The predicted octanol–water partition coefficient (Wildman–Crippen LogP) is 5.75. The fraction of sp³-hybridized carbons (Fsp3) is 0.115. The normalized spacial score (nSPS) is 11.7. The van der Waals surface area contributed by atoms with Gasteiger partial charge in [-0.1, -0.05) is 47.6 Å². The number of hydrogen-bond donors (Lipinski definition) is 0. The number of amides is 1. The first-order chi connectivity index (χ1) is 16.2. The van der Waals surface area contributed by atoms with Crippen LogP contribution in [0.5, 0.6) is 5.75 Å². The van der Waals surface area contributed by atoms with Crippen molar-refractivity contribution in [3.8, 4) is 28.7 Å². The number of terminal acetylenes is 1. The molecule has 5 aromatic rings. The molecular weight excluding hydrogens is 450 g/mol. The fourth-order valence-electron chi connectivity index (χ4n) is 3.74. The first-order valence-electron chi connectivity index (χ1n) is 10.4. The lowest BCUT2D eigenvalue weighted by Crippen LogP contribution is -2.17. The maximum absolute atomic E-state index is 13.5. The number of carbonyl (C=O) groups excluding carboxylic acids is 1. The predicted molar refractivity (Wildman–Crippen MR) is 135 cm³/mol. The molecule has 0 radical (unpaired) electrons. The number of fused-ring (bicyclic) bond motifs is 2. The van der Waals surface area contributed by atoms with E-state index >= 15 is 0 Å². The molecule has 5 nitrogen and oxygen atoms in total. The van der Waals surface area contributed by atoms with E-state index in [1.54, 1.807) is 11.3 Å². The van der Waals surface area contributed by atoms with Gasteiger partial charge in [-0.2, -0.15) is 4.99 Å². The van der Waals surface area contributed by atoms with Crippen molar-refractivity contribution in [3.05, 3.63) is 76.4 Å². The summed E-state index contributed by atoms with van der Waals surface area (Å²) >= 11 is 3.01. The quantitative estimate of drug-likeness (QED) is 0.308. The molecule has 0 bridgehead atoms. The zero-order valence-electron chi connectivity index (χ0n) is 17.8. The third kappa shape index (κ3) is 3.95. The Labute approximate surface area is 198 Å². The average Bonchev–Trinajstić information content (AvgIpc) is 3.48. The van der Waals surface area contributed by atoms with E-state index in [1.807, 2.05) is 77.5 Å². The maximum Gasteiger partial charge on any atom is 0.280 e. The summed E-state index contributed by atoms with van der Waals surface area (Å²) < 4.78 is 8.63. The second kappa shape index (κ2) is 9.02. The topological polar surface area (TPSA) is 56.5 Å². The number of thiophene rings is 1. The second-order valence-corrected chi connectivity index (χ2v) is 9.13. The third-order valence-corrected chi connectivity index (χ3v) is 7.07. The van der Waals surface area contributed by atoms with Gasteiger partial charge in [0.25, 0.3) is 5.91 Å². The van der Waals surface area contributed by atoms with Crippen LogP contribution >= 0.6 is 22.7 Å². The van der Waals surface area contributed by atoms with Crippen LogP contribution in [-0.4, -0.2) is 22.1 Å². The van der Waals surface area contributed by atoms with Gasteiger partial charge < -0.3 is 9.30 Å². The minimum atomic E-state index is -0.332. The summed E-state index contributed by atoms with van der Waals surface area (Å²) in [6, 6.07) is 19.2. The first-order valence-corrected chi connectivity index (χ1v) is 12.1. The van der Waals surface area contributed by atoms with Gasteiger partial charge in [-0.05, 0) is 42.6 Å². The van der Waals surface area contributed by atoms with Crippen LogP contribution < -0.4 is 9.54 Å². The summed E-state index contributed by atoms with van der Waals surface area (Å²) in [4.78, 5) is 24.3. The molecular formula is C26H19N3O2S2. The molecule has 0 aliphatic carbocycles. The number of ether oxygens (including phenoxy) is 1. The van der Waals surface area contributed by atoms with Crippen molar-refractivity contribution in [1.82, 2.24) is 9.55 Å². The van der Waals surface area contributed by atoms with Gasteiger partial charge in [0.1, 0.15) is 11.3 Å². The SMILES string of the molecule is C#CCn1c(=NC(=O)c2cc(-c3cccs3)nc3ccccc23)sc2cccc(OCC)c21. The molecule has 0 saturated heterocycles. The Morgan fingerprint density at radius 3 is 2.85 bits per heavy atom. The van der Waals surface area contributed by atoms with E-state index in [0.29, 0.717) is 17.0 Å². The Morgan fingerprint density at radius 1 is 1.18 bits per heavy atom. The lowest BCUT2D eigenvalue weighted by atomic mass is 10.1. The molecule has 0 fully saturated rings. The van der Waals surface area contributed by atoms with Crippen molar-refractivity contribution in [2.45, 2.75) is 13.5 Å². The minimum absolute atomic E-state index is 0.285. The van der Waals surface area contributed by atoms with E-state index in [0.717, 1.165) is 37.4 Å². The highest BCUT2D eigenvalue weighted by Gasteiger charge is 2.16. The molecule has 0 N–H and O–H groups in total. The average molecular weight is 470 g/mol. The van der Waals surface area contributed by atoms with Gasteiger partial charge in [-0.25, -0.2) is 4.98 Å². The minimum Gasteiger partial charge on any atom is -0.492 e.